The number of nitrogens with one attached hydrogen (secondary N) is 1. The highest BCUT2D eigenvalue weighted by Gasteiger charge is 2.48. The summed E-state index contributed by atoms with van der Waals surface area (Å²) in [6, 6.07) is 0.323. The molecule has 1 amide bonds. The van der Waals surface area contributed by atoms with Crippen molar-refractivity contribution in [2.75, 3.05) is 0 Å². The molecule has 0 atom stereocenters. The first-order valence-electron chi connectivity index (χ1n) is 7.36. The molecule has 18 heavy (non-hydrogen) atoms. The molecule has 100 valence electrons. The Balaban J connectivity index is 1.95. The van der Waals surface area contributed by atoms with Crippen LogP contribution in [-0.4, -0.2) is 17.5 Å². The summed E-state index contributed by atoms with van der Waals surface area (Å²) in [6.45, 7) is 9.64. The van der Waals surface area contributed by atoms with Crippen molar-refractivity contribution in [2.24, 2.45) is 5.92 Å². The van der Waals surface area contributed by atoms with E-state index in [1.54, 1.807) is 0 Å². The van der Waals surface area contributed by atoms with Gasteiger partial charge in [-0.1, -0.05) is 26.2 Å². The lowest BCUT2D eigenvalue weighted by atomic mass is 9.77. The Morgan fingerprint density at radius 3 is 2.33 bits per heavy atom. The van der Waals surface area contributed by atoms with Crippen molar-refractivity contribution in [3.63, 3.8) is 0 Å². The summed E-state index contributed by atoms with van der Waals surface area (Å²) >= 11 is 0. The highest BCUT2D eigenvalue weighted by molar-refractivity contribution is 5.88. The molecular formula is C15H24N2O. The van der Waals surface area contributed by atoms with E-state index in [4.69, 9.17) is 6.57 Å². The predicted octanol–water partition coefficient (Wildman–Crippen LogP) is 3.30. The molecule has 0 heterocycles. The molecule has 0 aliphatic heterocycles. The van der Waals surface area contributed by atoms with Crippen molar-refractivity contribution in [3.8, 4) is 0 Å². The van der Waals surface area contributed by atoms with E-state index in [1.165, 1.54) is 19.3 Å². The van der Waals surface area contributed by atoms with Gasteiger partial charge in [0.25, 0.3) is 0 Å². The average molecular weight is 248 g/mol. The molecule has 0 aromatic rings. The zero-order chi connectivity index (χ0) is 13.0. The van der Waals surface area contributed by atoms with Crippen LogP contribution in [0, 0.1) is 12.5 Å². The summed E-state index contributed by atoms with van der Waals surface area (Å²) in [4.78, 5) is 16.1. The molecule has 0 spiro atoms. The first kappa shape index (κ1) is 13.4. The van der Waals surface area contributed by atoms with Gasteiger partial charge in [-0.2, -0.15) is 0 Å². The third kappa shape index (κ3) is 2.85. The Bertz CT molecular complexity index is 331. The normalized spacial score (nSPS) is 33.7. The molecule has 1 N–H and O–H groups in total. The molecular weight excluding hydrogens is 224 g/mol. The topological polar surface area (TPSA) is 33.5 Å². The van der Waals surface area contributed by atoms with Gasteiger partial charge in [-0.15, -0.1) is 0 Å². The van der Waals surface area contributed by atoms with E-state index >= 15 is 0 Å². The van der Waals surface area contributed by atoms with Crippen LogP contribution in [0.15, 0.2) is 0 Å². The zero-order valence-corrected chi connectivity index (χ0v) is 11.4. The first-order chi connectivity index (χ1) is 8.66. The molecule has 3 nitrogen and oxygen atoms in total. The van der Waals surface area contributed by atoms with E-state index in [-0.39, 0.29) is 5.91 Å². The van der Waals surface area contributed by atoms with Crippen molar-refractivity contribution in [2.45, 2.75) is 76.3 Å². The molecule has 2 aliphatic rings. The average Bonchev–Trinajstić information content (AvgIpc) is 2.41. The minimum absolute atomic E-state index is 0.0105. The van der Waals surface area contributed by atoms with E-state index in [0.717, 1.165) is 38.5 Å². The molecule has 0 aromatic heterocycles. The maximum Gasteiger partial charge on any atom is 0.308 e. The monoisotopic (exact) mass is 248 g/mol. The number of amides is 1. The number of rotatable bonds is 2. The SMILES string of the molecule is [C-]#[N+]C1(C(=O)NC2CCCCC2)CCC(C)CC1. The number of carbonyl (C=O) groups is 1. The highest BCUT2D eigenvalue weighted by Crippen LogP contribution is 2.35. The smallest absolute Gasteiger partial charge is 0.308 e. The van der Waals surface area contributed by atoms with Crippen molar-refractivity contribution < 1.29 is 4.79 Å². The summed E-state index contributed by atoms with van der Waals surface area (Å²) < 4.78 is 0. The molecule has 0 unspecified atom stereocenters. The Hall–Kier alpha value is -1.04. The first-order valence-corrected chi connectivity index (χ1v) is 7.36. The summed E-state index contributed by atoms with van der Waals surface area (Å²) in [5.41, 5.74) is -0.746. The second-order valence-corrected chi connectivity index (χ2v) is 6.13. The van der Waals surface area contributed by atoms with Crippen molar-refractivity contribution in [3.05, 3.63) is 11.4 Å². The van der Waals surface area contributed by atoms with Crippen LogP contribution in [0.1, 0.15) is 64.7 Å². The zero-order valence-electron chi connectivity index (χ0n) is 11.4. The second kappa shape index (κ2) is 5.73. The maximum absolute atomic E-state index is 12.4. The number of hydrogen-bond acceptors (Lipinski definition) is 1. The molecule has 0 aromatic carbocycles. The minimum Gasteiger partial charge on any atom is -0.346 e. The van der Waals surface area contributed by atoms with Crippen LogP contribution in [0.25, 0.3) is 4.85 Å². The van der Waals surface area contributed by atoms with Crippen LogP contribution in [-0.2, 0) is 4.79 Å². The quantitative estimate of drug-likeness (QED) is 0.747. The van der Waals surface area contributed by atoms with Crippen LogP contribution in [0.3, 0.4) is 0 Å². The van der Waals surface area contributed by atoms with E-state index in [2.05, 4.69) is 17.1 Å². The summed E-state index contributed by atoms with van der Waals surface area (Å²) in [7, 11) is 0. The van der Waals surface area contributed by atoms with E-state index in [0.29, 0.717) is 12.0 Å². The predicted molar refractivity (Wildman–Crippen MR) is 72.0 cm³/mol. The van der Waals surface area contributed by atoms with Gasteiger partial charge < -0.3 is 5.32 Å². The van der Waals surface area contributed by atoms with E-state index in [1.807, 2.05) is 0 Å². The van der Waals surface area contributed by atoms with Crippen molar-refractivity contribution in [1.29, 1.82) is 0 Å². The van der Waals surface area contributed by atoms with Gasteiger partial charge in [-0.05, 0) is 31.6 Å². The largest absolute Gasteiger partial charge is 0.346 e. The van der Waals surface area contributed by atoms with E-state index in [9.17, 15) is 4.79 Å². The summed E-state index contributed by atoms with van der Waals surface area (Å²) in [5, 5.41) is 3.14. The van der Waals surface area contributed by atoms with Gasteiger partial charge in [-0.25, -0.2) is 6.57 Å². The van der Waals surface area contributed by atoms with E-state index < -0.39 is 5.54 Å². The molecule has 2 fully saturated rings. The fourth-order valence-electron chi connectivity index (χ4n) is 3.20. The number of carbonyl (C=O) groups excluding carboxylic acids is 1. The summed E-state index contributed by atoms with van der Waals surface area (Å²) in [5.74, 6) is 0.679. The van der Waals surface area contributed by atoms with Crippen LogP contribution in [0.5, 0.6) is 0 Å². The Kier molecular flexibility index (Phi) is 4.27. The molecule has 0 saturated heterocycles. The standard InChI is InChI=1S/C15H24N2O/c1-12-8-10-15(16-2,11-9-12)14(18)17-13-6-4-3-5-7-13/h12-13H,3-11H2,1H3,(H,17,18). The second-order valence-electron chi connectivity index (χ2n) is 6.13. The number of nitrogens with zero attached hydrogens (tertiary/aromatic N) is 1. The van der Waals surface area contributed by atoms with Gasteiger partial charge in [0.2, 0.25) is 0 Å². The highest BCUT2D eigenvalue weighted by atomic mass is 16.2. The third-order valence-electron chi connectivity index (χ3n) is 4.68. The Labute approximate surface area is 110 Å². The Morgan fingerprint density at radius 2 is 1.78 bits per heavy atom. The molecule has 0 bridgehead atoms. The molecule has 2 rings (SSSR count). The van der Waals surface area contributed by atoms with Gasteiger partial charge in [0, 0.05) is 18.9 Å². The van der Waals surface area contributed by atoms with Crippen LogP contribution < -0.4 is 5.32 Å². The van der Waals surface area contributed by atoms with Gasteiger partial charge in [-0.3, -0.25) is 9.64 Å². The van der Waals surface area contributed by atoms with Gasteiger partial charge >= 0.3 is 11.4 Å². The van der Waals surface area contributed by atoms with Crippen molar-refractivity contribution in [1.82, 2.24) is 5.32 Å². The lowest BCUT2D eigenvalue weighted by Gasteiger charge is -2.31. The molecule has 3 heteroatoms. The minimum atomic E-state index is -0.746. The fraction of sp³-hybridized carbons (Fsp3) is 0.867. The molecule has 2 aliphatic carbocycles. The van der Waals surface area contributed by atoms with Crippen LogP contribution in [0.4, 0.5) is 0 Å². The van der Waals surface area contributed by atoms with Gasteiger partial charge in [0.15, 0.2) is 0 Å². The lowest BCUT2D eigenvalue weighted by Crippen LogP contribution is -2.50. The third-order valence-corrected chi connectivity index (χ3v) is 4.68. The Morgan fingerprint density at radius 1 is 1.17 bits per heavy atom. The van der Waals surface area contributed by atoms with Crippen LogP contribution in [0.2, 0.25) is 0 Å². The lowest BCUT2D eigenvalue weighted by molar-refractivity contribution is -0.127. The summed E-state index contributed by atoms with van der Waals surface area (Å²) in [6.07, 6.45) is 9.43. The van der Waals surface area contributed by atoms with Crippen molar-refractivity contribution >= 4 is 5.91 Å². The number of hydrogen-bond donors (Lipinski definition) is 1. The maximum atomic E-state index is 12.4. The molecule has 2 saturated carbocycles. The fourth-order valence-corrected chi connectivity index (χ4v) is 3.20. The van der Waals surface area contributed by atoms with Gasteiger partial charge in [0.1, 0.15) is 0 Å². The van der Waals surface area contributed by atoms with Gasteiger partial charge in [0.05, 0.1) is 0 Å². The molecule has 0 radical (unpaired) electrons. The van der Waals surface area contributed by atoms with Crippen LogP contribution >= 0.6 is 0 Å².